The third-order valence-corrected chi connectivity index (χ3v) is 3.13. The van der Waals surface area contributed by atoms with Crippen LogP contribution in [0.5, 0.6) is 0 Å². The molecule has 1 saturated heterocycles. The summed E-state index contributed by atoms with van der Waals surface area (Å²) in [5, 5.41) is 11.3. The Bertz CT molecular complexity index is 375. The third-order valence-electron chi connectivity index (χ3n) is 3.13. The minimum absolute atomic E-state index is 0.0401. The lowest BCUT2D eigenvalue weighted by Gasteiger charge is -2.26. The van der Waals surface area contributed by atoms with Gasteiger partial charge in [-0.1, -0.05) is 0 Å². The average molecular weight is 271 g/mol. The van der Waals surface area contributed by atoms with E-state index in [2.05, 4.69) is 5.32 Å². The van der Waals surface area contributed by atoms with Crippen molar-refractivity contribution in [2.45, 2.75) is 32.2 Å². The summed E-state index contributed by atoms with van der Waals surface area (Å²) in [6, 6.07) is -0.569. The first-order valence-electron chi connectivity index (χ1n) is 6.28. The van der Waals surface area contributed by atoms with Crippen LogP contribution in [0.25, 0.3) is 0 Å². The molecule has 2 N–H and O–H groups in total. The molecule has 19 heavy (non-hydrogen) atoms. The number of carbonyl (C=O) groups is 3. The zero-order chi connectivity index (χ0) is 14.6. The van der Waals surface area contributed by atoms with E-state index in [1.807, 2.05) is 0 Å². The summed E-state index contributed by atoms with van der Waals surface area (Å²) in [5.74, 6) is -1.23. The molecule has 1 aliphatic heterocycles. The number of amides is 3. The highest BCUT2D eigenvalue weighted by molar-refractivity contribution is 5.88. The Morgan fingerprint density at radius 3 is 2.26 bits per heavy atom. The predicted molar refractivity (Wildman–Crippen MR) is 68.7 cm³/mol. The van der Waals surface area contributed by atoms with Gasteiger partial charge < -0.3 is 20.2 Å². The Kier molecular flexibility index (Phi) is 4.74. The van der Waals surface area contributed by atoms with E-state index in [0.717, 1.165) is 25.9 Å². The van der Waals surface area contributed by atoms with E-state index >= 15 is 0 Å². The number of carboxylic acid groups (broad SMARTS) is 1. The number of carbonyl (C=O) groups excluding carboxylic acids is 2. The number of hydrogen-bond acceptors (Lipinski definition) is 3. The van der Waals surface area contributed by atoms with Gasteiger partial charge in [0, 0.05) is 20.1 Å². The molecule has 1 fully saturated rings. The summed E-state index contributed by atoms with van der Waals surface area (Å²) in [7, 11) is 1.47. The molecule has 0 saturated carbocycles. The molecular formula is C12H21N3O4. The second kappa shape index (κ2) is 5.90. The van der Waals surface area contributed by atoms with Crippen LogP contribution in [0.2, 0.25) is 0 Å². The molecule has 0 aromatic carbocycles. The number of nitrogens with one attached hydrogen (secondary N) is 1. The first kappa shape index (κ1) is 15.3. The van der Waals surface area contributed by atoms with Gasteiger partial charge in [0.1, 0.15) is 12.1 Å². The van der Waals surface area contributed by atoms with Crippen LogP contribution >= 0.6 is 0 Å². The summed E-state index contributed by atoms with van der Waals surface area (Å²) >= 11 is 0. The minimum atomic E-state index is -1.36. The summed E-state index contributed by atoms with van der Waals surface area (Å²) in [6.45, 7) is 4.21. The number of likely N-dealkylation sites (N-methyl/N-ethyl adjacent to an activating group) is 1. The normalized spacial score (nSPS) is 15.2. The van der Waals surface area contributed by atoms with Gasteiger partial charge in [-0.3, -0.25) is 4.79 Å². The van der Waals surface area contributed by atoms with Crippen molar-refractivity contribution in [3.63, 3.8) is 0 Å². The highest BCUT2D eigenvalue weighted by Gasteiger charge is 2.31. The van der Waals surface area contributed by atoms with Crippen molar-refractivity contribution in [2.75, 3.05) is 26.7 Å². The van der Waals surface area contributed by atoms with Crippen LogP contribution in [0.3, 0.4) is 0 Å². The Morgan fingerprint density at radius 1 is 1.26 bits per heavy atom. The van der Waals surface area contributed by atoms with E-state index in [0.29, 0.717) is 0 Å². The molecule has 7 heteroatoms. The molecule has 108 valence electrons. The fraction of sp³-hybridized carbons (Fsp3) is 0.750. The van der Waals surface area contributed by atoms with Crippen molar-refractivity contribution in [2.24, 2.45) is 0 Å². The monoisotopic (exact) mass is 271 g/mol. The second-order valence-corrected chi connectivity index (χ2v) is 5.30. The van der Waals surface area contributed by atoms with Crippen LogP contribution in [-0.2, 0) is 9.59 Å². The maximum atomic E-state index is 11.8. The molecule has 1 aliphatic rings. The lowest BCUT2D eigenvalue weighted by atomic mass is 10.1. The molecule has 1 rings (SSSR count). The van der Waals surface area contributed by atoms with E-state index in [4.69, 9.17) is 5.11 Å². The highest BCUT2D eigenvalue weighted by atomic mass is 16.4. The van der Waals surface area contributed by atoms with Crippen molar-refractivity contribution in [1.29, 1.82) is 0 Å². The number of rotatable bonds is 4. The van der Waals surface area contributed by atoms with Crippen molar-refractivity contribution < 1.29 is 19.5 Å². The molecule has 0 aliphatic carbocycles. The number of likely N-dealkylation sites (tertiary alicyclic amines) is 1. The van der Waals surface area contributed by atoms with Gasteiger partial charge in [-0.2, -0.15) is 0 Å². The topological polar surface area (TPSA) is 90.0 Å². The third kappa shape index (κ3) is 4.11. The largest absolute Gasteiger partial charge is 0.480 e. The van der Waals surface area contributed by atoms with Crippen LogP contribution in [0, 0.1) is 0 Å². The van der Waals surface area contributed by atoms with Crippen molar-refractivity contribution >= 4 is 17.9 Å². The molecule has 1 heterocycles. The Hall–Kier alpha value is -1.79. The zero-order valence-corrected chi connectivity index (χ0v) is 11.6. The molecule has 0 atom stereocenters. The number of hydrogen-bond donors (Lipinski definition) is 2. The average Bonchev–Trinajstić information content (AvgIpc) is 2.81. The Labute approximate surface area is 112 Å². The van der Waals surface area contributed by atoms with Crippen molar-refractivity contribution in [3.8, 4) is 0 Å². The maximum Gasteiger partial charge on any atom is 0.328 e. The van der Waals surface area contributed by atoms with E-state index in [9.17, 15) is 14.4 Å². The van der Waals surface area contributed by atoms with Crippen molar-refractivity contribution in [3.05, 3.63) is 0 Å². The quantitative estimate of drug-likeness (QED) is 0.759. The number of nitrogens with zero attached hydrogens (tertiary/aromatic N) is 2. The summed E-state index contributed by atoms with van der Waals surface area (Å²) in [5.41, 5.74) is -1.36. The van der Waals surface area contributed by atoms with Gasteiger partial charge in [0.25, 0.3) is 0 Å². The summed E-state index contributed by atoms with van der Waals surface area (Å²) in [6.07, 6.45) is 1.99. The van der Waals surface area contributed by atoms with Crippen LogP contribution in [0.15, 0.2) is 0 Å². The lowest BCUT2D eigenvalue weighted by Crippen LogP contribution is -2.54. The van der Waals surface area contributed by atoms with Gasteiger partial charge in [-0.15, -0.1) is 0 Å². The lowest BCUT2D eigenvalue weighted by molar-refractivity contribution is -0.143. The zero-order valence-electron chi connectivity index (χ0n) is 11.6. The molecule has 0 radical (unpaired) electrons. The molecular weight excluding hydrogens is 250 g/mol. The van der Waals surface area contributed by atoms with Crippen LogP contribution < -0.4 is 5.32 Å². The maximum absolute atomic E-state index is 11.8. The summed E-state index contributed by atoms with van der Waals surface area (Å²) < 4.78 is 0. The minimum Gasteiger partial charge on any atom is -0.480 e. The summed E-state index contributed by atoms with van der Waals surface area (Å²) in [4.78, 5) is 37.5. The van der Waals surface area contributed by atoms with E-state index in [1.165, 1.54) is 25.8 Å². The SMILES string of the molecule is CN(CC(=O)N1CCCC1)C(=O)NC(C)(C)C(=O)O. The fourth-order valence-electron chi connectivity index (χ4n) is 1.76. The van der Waals surface area contributed by atoms with Crippen LogP contribution in [0.4, 0.5) is 4.79 Å². The van der Waals surface area contributed by atoms with Gasteiger partial charge >= 0.3 is 12.0 Å². The van der Waals surface area contributed by atoms with Gasteiger partial charge in [-0.25, -0.2) is 9.59 Å². The van der Waals surface area contributed by atoms with Gasteiger partial charge in [0.15, 0.2) is 0 Å². The molecule has 3 amide bonds. The first-order valence-corrected chi connectivity index (χ1v) is 6.28. The molecule has 0 spiro atoms. The van der Waals surface area contributed by atoms with Crippen LogP contribution in [0.1, 0.15) is 26.7 Å². The highest BCUT2D eigenvalue weighted by Crippen LogP contribution is 2.08. The van der Waals surface area contributed by atoms with Crippen molar-refractivity contribution in [1.82, 2.24) is 15.1 Å². The number of aliphatic carboxylic acids is 1. The number of carboxylic acids is 1. The Morgan fingerprint density at radius 2 is 1.79 bits per heavy atom. The van der Waals surface area contributed by atoms with Gasteiger partial charge in [-0.05, 0) is 26.7 Å². The first-order chi connectivity index (χ1) is 8.74. The predicted octanol–water partition coefficient (Wildman–Crippen LogP) is 0.113. The molecule has 0 aromatic rings. The fourth-order valence-corrected chi connectivity index (χ4v) is 1.76. The molecule has 0 bridgehead atoms. The standard InChI is InChI=1S/C12H21N3O4/c1-12(2,10(17)18)13-11(19)14(3)8-9(16)15-6-4-5-7-15/h4-8H2,1-3H3,(H,13,19)(H,17,18). The van der Waals surface area contributed by atoms with Crippen LogP contribution in [-0.4, -0.2) is 65.0 Å². The molecule has 7 nitrogen and oxygen atoms in total. The molecule has 0 unspecified atom stereocenters. The van der Waals surface area contributed by atoms with E-state index in [1.54, 1.807) is 4.90 Å². The Balaban J connectivity index is 2.48. The van der Waals surface area contributed by atoms with E-state index < -0.39 is 17.5 Å². The molecule has 0 aromatic heterocycles. The number of urea groups is 1. The smallest absolute Gasteiger partial charge is 0.328 e. The second-order valence-electron chi connectivity index (χ2n) is 5.30. The van der Waals surface area contributed by atoms with Gasteiger partial charge in [0.05, 0.1) is 0 Å². The van der Waals surface area contributed by atoms with E-state index in [-0.39, 0.29) is 12.5 Å². The van der Waals surface area contributed by atoms with Gasteiger partial charge in [0.2, 0.25) is 5.91 Å².